The van der Waals surface area contributed by atoms with Crippen LogP contribution in [-0.4, -0.2) is 5.54 Å². The molecule has 2 aromatic rings. The van der Waals surface area contributed by atoms with Gasteiger partial charge in [0.1, 0.15) is 5.76 Å². The number of aryl methyl sites for hydroxylation is 1. The van der Waals surface area contributed by atoms with E-state index in [1.165, 1.54) is 28.0 Å². The Kier molecular flexibility index (Phi) is 4.68. The number of allylic oxidation sites excluding steroid dienone is 1. The lowest BCUT2D eigenvalue weighted by molar-refractivity contribution is 0.490. The number of benzene rings is 1. The highest BCUT2D eigenvalue weighted by molar-refractivity contribution is 5.86. The first-order valence-electron chi connectivity index (χ1n) is 9.33. The van der Waals surface area contributed by atoms with Gasteiger partial charge in [0, 0.05) is 16.9 Å². The quantitative estimate of drug-likeness (QED) is 0.662. The zero-order chi connectivity index (χ0) is 18.2. The second-order valence-electron chi connectivity index (χ2n) is 7.35. The van der Waals surface area contributed by atoms with Gasteiger partial charge < -0.3 is 15.1 Å². The number of rotatable bonds is 5. The van der Waals surface area contributed by atoms with Crippen LogP contribution in [0.3, 0.4) is 0 Å². The molecule has 0 fully saturated rings. The summed E-state index contributed by atoms with van der Waals surface area (Å²) in [6, 6.07) is 8.63. The standard InChI is InChI=1S/C22H30N2O/c1-7-17-12-18(23-16(5)20-10-9-11-25-20)13-19-14(3)15(4)22(6,8-2)24-21(17)19/h9-13,16,23-24H,7-8H2,1-6H3. The van der Waals surface area contributed by atoms with Crippen LogP contribution >= 0.6 is 0 Å². The Labute approximate surface area is 151 Å². The highest BCUT2D eigenvalue weighted by Gasteiger charge is 2.32. The molecule has 2 N–H and O–H groups in total. The zero-order valence-electron chi connectivity index (χ0n) is 16.3. The van der Waals surface area contributed by atoms with Crippen molar-refractivity contribution in [1.29, 1.82) is 0 Å². The van der Waals surface area contributed by atoms with E-state index in [2.05, 4.69) is 64.3 Å². The van der Waals surface area contributed by atoms with Crippen molar-refractivity contribution in [2.75, 3.05) is 10.6 Å². The Morgan fingerprint density at radius 3 is 2.60 bits per heavy atom. The summed E-state index contributed by atoms with van der Waals surface area (Å²) < 4.78 is 5.53. The Balaban J connectivity index is 2.02. The number of hydrogen-bond donors (Lipinski definition) is 2. The van der Waals surface area contributed by atoms with Crippen LogP contribution in [0, 0.1) is 0 Å². The first kappa shape index (κ1) is 17.7. The van der Waals surface area contributed by atoms with Crippen LogP contribution in [0.5, 0.6) is 0 Å². The highest BCUT2D eigenvalue weighted by atomic mass is 16.3. The topological polar surface area (TPSA) is 37.2 Å². The fraction of sp³-hybridized carbons (Fsp3) is 0.455. The van der Waals surface area contributed by atoms with Crippen LogP contribution in [0.4, 0.5) is 11.4 Å². The normalized spacial score (nSPS) is 20.9. The maximum absolute atomic E-state index is 5.53. The van der Waals surface area contributed by atoms with Gasteiger partial charge in [0.05, 0.1) is 17.8 Å². The SMILES string of the molecule is CCc1cc(NC(C)c2ccco2)cc2c1NC(C)(CC)C(C)=C2C. The Morgan fingerprint density at radius 1 is 1.24 bits per heavy atom. The highest BCUT2D eigenvalue weighted by Crippen LogP contribution is 2.43. The maximum atomic E-state index is 5.53. The molecule has 1 aromatic carbocycles. The van der Waals surface area contributed by atoms with Crippen molar-refractivity contribution in [3.8, 4) is 0 Å². The van der Waals surface area contributed by atoms with Crippen LogP contribution in [0.2, 0.25) is 0 Å². The third-order valence-electron chi connectivity index (χ3n) is 5.86. The lowest BCUT2D eigenvalue weighted by atomic mass is 9.79. The largest absolute Gasteiger partial charge is 0.467 e. The van der Waals surface area contributed by atoms with Crippen molar-refractivity contribution in [2.24, 2.45) is 0 Å². The Hall–Kier alpha value is -2.16. The molecule has 1 aliphatic rings. The van der Waals surface area contributed by atoms with E-state index in [9.17, 15) is 0 Å². The van der Waals surface area contributed by atoms with E-state index in [0.717, 1.165) is 24.3 Å². The molecule has 3 rings (SSSR count). The molecule has 2 heterocycles. The first-order valence-corrected chi connectivity index (χ1v) is 9.33. The molecule has 3 nitrogen and oxygen atoms in total. The molecule has 2 unspecified atom stereocenters. The molecular weight excluding hydrogens is 308 g/mol. The van der Waals surface area contributed by atoms with Crippen molar-refractivity contribution in [2.45, 2.75) is 66.0 Å². The van der Waals surface area contributed by atoms with Gasteiger partial charge in [-0.05, 0) is 81.5 Å². The van der Waals surface area contributed by atoms with Crippen LogP contribution in [0.1, 0.15) is 70.9 Å². The summed E-state index contributed by atoms with van der Waals surface area (Å²) in [7, 11) is 0. The fourth-order valence-electron chi connectivity index (χ4n) is 3.71. The van der Waals surface area contributed by atoms with Gasteiger partial charge in [-0.3, -0.25) is 0 Å². The molecule has 3 heteroatoms. The number of fused-ring (bicyclic) bond motifs is 1. The molecule has 2 atom stereocenters. The molecule has 1 aliphatic heterocycles. The third-order valence-corrected chi connectivity index (χ3v) is 5.86. The number of nitrogens with one attached hydrogen (secondary N) is 2. The van der Waals surface area contributed by atoms with Crippen molar-refractivity contribution in [3.63, 3.8) is 0 Å². The summed E-state index contributed by atoms with van der Waals surface area (Å²) in [4.78, 5) is 0. The summed E-state index contributed by atoms with van der Waals surface area (Å²) in [6.07, 6.45) is 3.81. The van der Waals surface area contributed by atoms with Gasteiger partial charge in [-0.15, -0.1) is 0 Å². The average Bonchev–Trinajstić information content (AvgIpc) is 3.15. The van der Waals surface area contributed by atoms with Gasteiger partial charge in [0.2, 0.25) is 0 Å². The summed E-state index contributed by atoms with van der Waals surface area (Å²) >= 11 is 0. The van der Waals surface area contributed by atoms with Crippen molar-refractivity contribution < 1.29 is 4.42 Å². The van der Waals surface area contributed by atoms with Crippen molar-refractivity contribution in [3.05, 3.63) is 53.0 Å². The lowest BCUT2D eigenvalue weighted by Crippen LogP contribution is -2.39. The smallest absolute Gasteiger partial charge is 0.125 e. The monoisotopic (exact) mass is 338 g/mol. The molecule has 1 aromatic heterocycles. The molecule has 0 saturated heterocycles. The summed E-state index contributed by atoms with van der Waals surface area (Å²) in [5.74, 6) is 0.955. The summed E-state index contributed by atoms with van der Waals surface area (Å²) in [6.45, 7) is 13.4. The van der Waals surface area contributed by atoms with Gasteiger partial charge in [0.25, 0.3) is 0 Å². The second-order valence-corrected chi connectivity index (χ2v) is 7.35. The lowest BCUT2D eigenvalue weighted by Gasteiger charge is -2.40. The van der Waals surface area contributed by atoms with Crippen LogP contribution < -0.4 is 10.6 Å². The molecular formula is C22H30N2O. The molecule has 0 aliphatic carbocycles. The van der Waals surface area contributed by atoms with E-state index in [4.69, 9.17) is 4.42 Å². The molecule has 134 valence electrons. The Bertz CT molecular complexity index is 789. The minimum atomic E-state index is 0.0391. The minimum Gasteiger partial charge on any atom is -0.467 e. The number of hydrogen-bond acceptors (Lipinski definition) is 3. The average molecular weight is 338 g/mol. The van der Waals surface area contributed by atoms with Crippen LogP contribution in [0.25, 0.3) is 5.57 Å². The van der Waals surface area contributed by atoms with Gasteiger partial charge in [-0.1, -0.05) is 13.8 Å². The third kappa shape index (κ3) is 3.08. The minimum absolute atomic E-state index is 0.0391. The van der Waals surface area contributed by atoms with Crippen LogP contribution in [0.15, 0.2) is 40.5 Å². The molecule has 25 heavy (non-hydrogen) atoms. The van der Waals surface area contributed by atoms with Gasteiger partial charge in [-0.25, -0.2) is 0 Å². The predicted molar refractivity (Wildman–Crippen MR) is 107 cm³/mol. The van der Waals surface area contributed by atoms with E-state index in [0.29, 0.717) is 0 Å². The van der Waals surface area contributed by atoms with Crippen LogP contribution in [-0.2, 0) is 6.42 Å². The van der Waals surface area contributed by atoms with E-state index in [1.54, 1.807) is 6.26 Å². The van der Waals surface area contributed by atoms with Crippen molar-refractivity contribution in [1.82, 2.24) is 0 Å². The molecule has 0 saturated carbocycles. The summed E-state index contributed by atoms with van der Waals surface area (Å²) in [5.41, 5.74) is 7.98. The van der Waals surface area contributed by atoms with Gasteiger partial charge in [-0.2, -0.15) is 0 Å². The fourth-order valence-corrected chi connectivity index (χ4v) is 3.71. The first-order chi connectivity index (χ1) is 11.9. The Morgan fingerprint density at radius 2 is 2.00 bits per heavy atom. The van der Waals surface area contributed by atoms with Gasteiger partial charge in [0.15, 0.2) is 0 Å². The van der Waals surface area contributed by atoms with E-state index in [-0.39, 0.29) is 11.6 Å². The second kappa shape index (κ2) is 6.62. The predicted octanol–water partition coefficient (Wildman–Crippen LogP) is 6.40. The molecule has 0 spiro atoms. The number of furan rings is 1. The molecule has 0 bridgehead atoms. The molecule has 0 amide bonds. The number of anilines is 2. The summed E-state index contributed by atoms with van der Waals surface area (Å²) in [5, 5.41) is 7.42. The van der Waals surface area contributed by atoms with E-state index < -0.39 is 0 Å². The van der Waals surface area contributed by atoms with E-state index >= 15 is 0 Å². The molecule has 0 radical (unpaired) electrons. The van der Waals surface area contributed by atoms with Crippen molar-refractivity contribution >= 4 is 16.9 Å². The maximum Gasteiger partial charge on any atom is 0.125 e. The van der Waals surface area contributed by atoms with E-state index in [1.807, 2.05) is 12.1 Å². The van der Waals surface area contributed by atoms with Gasteiger partial charge >= 0.3 is 0 Å². The zero-order valence-corrected chi connectivity index (χ0v) is 16.3.